The number of nitrogens with one attached hydrogen (secondary N) is 3. The van der Waals surface area contributed by atoms with E-state index < -0.39 is 0 Å². The topological polar surface area (TPSA) is 83.2 Å². The first-order chi connectivity index (χ1) is 12.0. The zero-order chi connectivity index (χ0) is 17.6. The second-order valence-corrected chi connectivity index (χ2v) is 6.14. The predicted molar refractivity (Wildman–Crippen MR) is 96.3 cm³/mol. The number of fused-ring (bicyclic) bond motifs is 2. The molecule has 2 heterocycles. The molecule has 3 N–H and O–H groups in total. The van der Waals surface area contributed by atoms with Crippen LogP contribution in [0.1, 0.15) is 21.6 Å². The van der Waals surface area contributed by atoms with E-state index in [1.165, 1.54) is 0 Å². The van der Waals surface area contributed by atoms with Crippen LogP contribution in [0.3, 0.4) is 0 Å². The molecule has 2 amide bonds. The number of aryl methyl sites for hydroxylation is 2. The highest BCUT2D eigenvalue weighted by Crippen LogP contribution is 2.30. The summed E-state index contributed by atoms with van der Waals surface area (Å²) in [6.45, 7) is 4.05. The van der Waals surface area contributed by atoms with Gasteiger partial charge in [0, 0.05) is 27.8 Å². The van der Waals surface area contributed by atoms with Crippen LogP contribution in [0.25, 0.3) is 10.9 Å². The van der Waals surface area contributed by atoms with E-state index in [-0.39, 0.29) is 18.4 Å². The van der Waals surface area contributed by atoms with Crippen LogP contribution in [0.4, 0.5) is 11.4 Å². The van der Waals surface area contributed by atoms with Crippen molar-refractivity contribution in [3.63, 3.8) is 0 Å². The summed E-state index contributed by atoms with van der Waals surface area (Å²) in [6.07, 6.45) is 0. The summed E-state index contributed by atoms with van der Waals surface area (Å²) in [5.74, 6) is 0.181. The van der Waals surface area contributed by atoms with E-state index >= 15 is 0 Å². The molecule has 0 fully saturated rings. The predicted octanol–water partition coefficient (Wildman–Crippen LogP) is 3.37. The van der Waals surface area contributed by atoms with Gasteiger partial charge in [0.15, 0.2) is 6.61 Å². The molecule has 0 radical (unpaired) electrons. The molecule has 0 unspecified atom stereocenters. The van der Waals surface area contributed by atoms with Gasteiger partial charge in [0.1, 0.15) is 5.75 Å². The van der Waals surface area contributed by atoms with Gasteiger partial charge in [-0.05, 0) is 55.8 Å². The molecule has 1 aromatic heterocycles. The zero-order valence-electron chi connectivity index (χ0n) is 13.9. The maximum absolute atomic E-state index is 12.6. The molecule has 0 bridgehead atoms. The van der Waals surface area contributed by atoms with E-state index in [1.807, 2.05) is 26.0 Å². The van der Waals surface area contributed by atoms with Crippen molar-refractivity contribution in [2.45, 2.75) is 13.8 Å². The van der Waals surface area contributed by atoms with Gasteiger partial charge in [0.2, 0.25) is 0 Å². The lowest BCUT2D eigenvalue weighted by Crippen LogP contribution is -2.25. The van der Waals surface area contributed by atoms with Gasteiger partial charge in [-0.15, -0.1) is 0 Å². The SMILES string of the molecule is Cc1[nH]c2ccc(C(=O)Nc3ccc4c(c3)NC(=O)CO4)cc2c1C. The van der Waals surface area contributed by atoms with Crippen molar-refractivity contribution in [1.29, 1.82) is 0 Å². The summed E-state index contributed by atoms with van der Waals surface area (Å²) >= 11 is 0. The molecule has 4 rings (SSSR count). The fourth-order valence-electron chi connectivity index (χ4n) is 2.97. The molecule has 25 heavy (non-hydrogen) atoms. The van der Waals surface area contributed by atoms with Gasteiger partial charge in [-0.1, -0.05) is 0 Å². The summed E-state index contributed by atoms with van der Waals surface area (Å²) in [5, 5.41) is 6.62. The van der Waals surface area contributed by atoms with Crippen molar-refractivity contribution in [2.75, 3.05) is 17.2 Å². The van der Waals surface area contributed by atoms with Crippen molar-refractivity contribution in [3.05, 3.63) is 53.2 Å². The third-order valence-electron chi connectivity index (χ3n) is 4.44. The number of anilines is 2. The first-order valence-corrected chi connectivity index (χ1v) is 7.98. The molecule has 0 spiro atoms. The van der Waals surface area contributed by atoms with Gasteiger partial charge in [-0.2, -0.15) is 0 Å². The molecule has 0 aliphatic carbocycles. The molecular formula is C19H17N3O3. The van der Waals surface area contributed by atoms with Crippen LogP contribution in [0.15, 0.2) is 36.4 Å². The third kappa shape index (κ3) is 2.71. The van der Waals surface area contributed by atoms with Crippen LogP contribution in [-0.4, -0.2) is 23.4 Å². The van der Waals surface area contributed by atoms with Crippen molar-refractivity contribution in [2.24, 2.45) is 0 Å². The highest BCUT2D eigenvalue weighted by molar-refractivity contribution is 6.07. The first kappa shape index (κ1) is 15.3. The van der Waals surface area contributed by atoms with Gasteiger partial charge in [0.25, 0.3) is 11.8 Å². The van der Waals surface area contributed by atoms with Crippen LogP contribution >= 0.6 is 0 Å². The second kappa shape index (κ2) is 5.66. The van der Waals surface area contributed by atoms with Crippen molar-refractivity contribution < 1.29 is 14.3 Å². The molecule has 6 nitrogen and oxygen atoms in total. The molecule has 3 aromatic rings. The Bertz CT molecular complexity index is 1020. The number of amides is 2. The smallest absolute Gasteiger partial charge is 0.262 e. The van der Waals surface area contributed by atoms with E-state index in [1.54, 1.807) is 24.3 Å². The molecule has 126 valence electrons. The van der Waals surface area contributed by atoms with Crippen LogP contribution in [0, 0.1) is 13.8 Å². The summed E-state index contributed by atoms with van der Waals surface area (Å²) in [6, 6.07) is 10.7. The minimum atomic E-state index is -0.209. The van der Waals surface area contributed by atoms with Crippen LogP contribution in [-0.2, 0) is 4.79 Å². The van der Waals surface area contributed by atoms with Gasteiger partial charge >= 0.3 is 0 Å². The van der Waals surface area contributed by atoms with E-state index in [0.29, 0.717) is 22.7 Å². The normalized spacial score (nSPS) is 13.1. The van der Waals surface area contributed by atoms with E-state index in [2.05, 4.69) is 15.6 Å². The molecule has 0 atom stereocenters. The number of aromatic amines is 1. The van der Waals surface area contributed by atoms with E-state index in [4.69, 9.17) is 4.74 Å². The maximum atomic E-state index is 12.6. The zero-order valence-corrected chi connectivity index (χ0v) is 13.9. The lowest BCUT2D eigenvalue weighted by molar-refractivity contribution is -0.118. The molecule has 1 aliphatic rings. The van der Waals surface area contributed by atoms with Gasteiger partial charge in [0.05, 0.1) is 5.69 Å². The number of aromatic nitrogens is 1. The molecule has 1 aliphatic heterocycles. The Kier molecular flexibility index (Phi) is 3.46. The number of ether oxygens (including phenoxy) is 1. The first-order valence-electron chi connectivity index (χ1n) is 7.98. The minimum absolute atomic E-state index is 0.00809. The summed E-state index contributed by atoms with van der Waals surface area (Å²) in [7, 11) is 0. The van der Waals surface area contributed by atoms with Crippen LogP contribution < -0.4 is 15.4 Å². The number of hydrogen-bond donors (Lipinski definition) is 3. The van der Waals surface area contributed by atoms with Crippen molar-refractivity contribution >= 4 is 34.1 Å². The number of benzene rings is 2. The molecule has 0 saturated carbocycles. The summed E-state index contributed by atoms with van der Waals surface area (Å²) in [4.78, 5) is 27.3. The van der Waals surface area contributed by atoms with Crippen molar-refractivity contribution in [1.82, 2.24) is 4.98 Å². The highest BCUT2D eigenvalue weighted by atomic mass is 16.5. The lowest BCUT2D eigenvalue weighted by atomic mass is 10.1. The monoisotopic (exact) mass is 335 g/mol. The Morgan fingerprint density at radius 3 is 2.84 bits per heavy atom. The number of H-pyrrole nitrogens is 1. The summed E-state index contributed by atoms with van der Waals surface area (Å²) in [5.41, 5.74) is 4.97. The Balaban J connectivity index is 1.61. The largest absolute Gasteiger partial charge is 0.482 e. The number of carbonyl (C=O) groups excluding carboxylic acids is 2. The minimum Gasteiger partial charge on any atom is -0.482 e. The third-order valence-corrected chi connectivity index (χ3v) is 4.44. The Morgan fingerprint density at radius 2 is 2.00 bits per heavy atom. The lowest BCUT2D eigenvalue weighted by Gasteiger charge is -2.18. The van der Waals surface area contributed by atoms with Gasteiger partial charge in [-0.3, -0.25) is 9.59 Å². The van der Waals surface area contributed by atoms with Crippen LogP contribution in [0.2, 0.25) is 0 Å². The number of hydrogen-bond acceptors (Lipinski definition) is 3. The Labute approximate surface area is 144 Å². The molecular weight excluding hydrogens is 318 g/mol. The van der Waals surface area contributed by atoms with E-state index in [0.717, 1.165) is 22.2 Å². The number of rotatable bonds is 2. The number of carbonyl (C=O) groups is 2. The van der Waals surface area contributed by atoms with E-state index in [9.17, 15) is 9.59 Å². The maximum Gasteiger partial charge on any atom is 0.262 e. The van der Waals surface area contributed by atoms with Gasteiger partial charge < -0.3 is 20.4 Å². The quantitative estimate of drug-likeness (QED) is 0.671. The average molecular weight is 335 g/mol. The molecule has 0 saturated heterocycles. The Hall–Kier alpha value is -3.28. The average Bonchev–Trinajstić information content (AvgIpc) is 2.88. The fourth-order valence-corrected chi connectivity index (χ4v) is 2.97. The Morgan fingerprint density at radius 1 is 1.16 bits per heavy atom. The molecule has 2 aromatic carbocycles. The van der Waals surface area contributed by atoms with Gasteiger partial charge in [-0.25, -0.2) is 0 Å². The molecule has 6 heteroatoms. The highest BCUT2D eigenvalue weighted by Gasteiger charge is 2.17. The second-order valence-electron chi connectivity index (χ2n) is 6.14. The standard InChI is InChI=1S/C19H17N3O3/c1-10-11(2)20-15-5-3-12(7-14(10)15)19(24)21-13-4-6-17-16(8-13)22-18(23)9-25-17/h3-8,20H,9H2,1-2H3,(H,21,24)(H,22,23). The fraction of sp³-hybridized carbons (Fsp3) is 0.158. The van der Waals surface area contributed by atoms with Crippen molar-refractivity contribution in [3.8, 4) is 5.75 Å². The van der Waals surface area contributed by atoms with Crippen LogP contribution in [0.5, 0.6) is 5.75 Å². The summed E-state index contributed by atoms with van der Waals surface area (Å²) < 4.78 is 5.32.